The van der Waals surface area contributed by atoms with E-state index in [1.165, 1.54) is 25.0 Å². The van der Waals surface area contributed by atoms with Gasteiger partial charge in [0, 0.05) is 17.5 Å². The highest BCUT2D eigenvalue weighted by Gasteiger charge is 2.25. The van der Waals surface area contributed by atoms with Gasteiger partial charge in [0.25, 0.3) is 0 Å². The molecule has 1 N–H and O–H groups in total. The van der Waals surface area contributed by atoms with E-state index in [1.807, 2.05) is 17.8 Å². The third kappa shape index (κ3) is 3.13. The van der Waals surface area contributed by atoms with Gasteiger partial charge in [-0.1, -0.05) is 6.92 Å². The molecule has 1 aromatic heterocycles. The number of hydrogen-bond donors (Lipinski definition) is 1. The number of nitrogens with zero attached hydrogens (tertiary/aromatic N) is 2. The monoisotopic (exact) mass is 247 g/mol. The lowest BCUT2D eigenvalue weighted by Crippen LogP contribution is -2.17. The lowest BCUT2D eigenvalue weighted by atomic mass is 10.2. The van der Waals surface area contributed by atoms with Gasteiger partial charge in [-0.05, 0) is 37.1 Å². The molecule has 0 bridgehead atoms. The topological polar surface area (TPSA) is 48.7 Å². The third-order valence-corrected chi connectivity index (χ3v) is 4.29. The molecule has 2 unspecified atom stereocenters. The number of nitriles is 1. The van der Waals surface area contributed by atoms with Gasteiger partial charge in [0.2, 0.25) is 0 Å². The van der Waals surface area contributed by atoms with E-state index in [1.54, 1.807) is 12.3 Å². The molecule has 0 amide bonds. The number of aromatic nitrogens is 1. The molecule has 1 saturated carbocycles. The van der Waals surface area contributed by atoms with Crippen molar-refractivity contribution >= 4 is 17.6 Å². The van der Waals surface area contributed by atoms with Crippen LogP contribution in [0.3, 0.4) is 0 Å². The predicted octanol–water partition coefficient (Wildman–Crippen LogP) is 3.04. The molecular formula is C13H17N3S. The van der Waals surface area contributed by atoms with Crippen LogP contribution in [0.2, 0.25) is 0 Å². The normalized spacial score (nSPS) is 23.3. The van der Waals surface area contributed by atoms with E-state index in [0.717, 1.165) is 11.1 Å². The Hall–Kier alpha value is -1.21. The molecule has 2 rings (SSSR count). The molecule has 1 fully saturated rings. The number of hydrogen-bond acceptors (Lipinski definition) is 4. The molecule has 17 heavy (non-hydrogen) atoms. The molecule has 1 heterocycles. The van der Waals surface area contributed by atoms with Crippen LogP contribution < -0.4 is 5.32 Å². The zero-order valence-electron chi connectivity index (χ0n) is 10.0. The van der Waals surface area contributed by atoms with Crippen molar-refractivity contribution < 1.29 is 0 Å². The van der Waals surface area contributed by atoms with E-state index in [2.05, 4.69) is 23.3 Å². The zero-order valence-corrected chi connectivity index (χ0v) is 10.8. The SMILES string of the molecule is CCSC1CCC(Nc2ncccc2C#N)C1. The van der Waals surface area contributed by atoms with Crippen molar-refractivity contribution in [3.63, 3.8) is 0 Å². The molecule has 1 aromatic rings. The number of pyridine rings is 1. The summed E-state index contributed by atoms with van der Waals surface area (Å²) >= 11 is 2.04. The van der Waals surface area contributed by atoms with Crippen molar-refractivity contribution in [2.45, 2.75) is 37.5 Å². The Morgan fingerprint density at radius 3 is 3.24 bits per heavy atom. The van der Waals surface area contributed by atoms with Crippen LogP contribution in [-0.4, -0.2) is 22.0 Å². The molecule has 2 atom stereocenters. The maximum absolute atomic E-state index is 8.99. The largest absolute Gasteiger partial charge is 0.366 e. The highest BCUT2D eigenvalue weighted by atomic mass is 32.2. The molecule has 0 spiro atoms. The maximum Gasteiger partial charge on any atom is 0.144 e. The number of rotatable bonds is 4. The van der Waals surface area contributed by atoms with Crippen molar-refractivity contribution in [2.75, 3.05) is 11.1 Å². The van der Waals surface area contributed by atoms with Crippen molar-refractivity contribution in [3.05, 3.63) is 23.9 Å². The molecule has 1 aliphatic rings. The summed E-state index contributed by atoms with van der Waals surface area (Å²) in [7, 11) is 0. The smallest absolute Gasteiger partial charge is 0.144 e. The van der Waals surface area contributed by atoms with Crippen LogP contribution in [0.1, 0.15) is 31.7 Å². The van der Waals surface area contributed by atoms with Gasteiger partial charge in [-0.3, -0.25) is 0 Å². The van der Waals surface area contributed by atoms with E-state index in [9.17, 15) is 0 Å². The first-order valence-corrected chi connectivity index (χ1v) is 7.11. The minimum absolute atomic E-state index is 0.473. The van der Waals surface area contributed by atoms with Crippen LogP contribution in [0.25, 0.3) is 0 Å². The van der Waals surface area contributed by atoms with Crippen LogP contribution >= 0.6 is 11.8 Å². The fourth-order valence-corrected chi connectivity index (χ4v) is 3.40. The third-order valence-electron chi connectivity index (χ3n) is 3.06. The molecule has 0 aromatic carbocycles. The molecule has 4 heteroatoms. The summed E-state index contributed by atoms with van der Waals surface area (Å²) in [5.41, 5.74) is 0.638. The second kappa shape index (κ2) is 5.92. The summed E-state index contributed by atoms with van der Waals surface area (Å²) in [6.07, 6.45) is 5.36. The molecule has 0 saturated heterocycles. The molecule has 90 valence electrons. The second-order valence-electron chi connectivity index (χ2n) is 4.24. The van der Waals surface area contributed by atoms with Gasteiger partial charge in [-0.15, -0.1) is 0 Å². The summed E-state index contributed by atoms with van der Waals surface area (Å²) in [5.74, 6) is 1.92. The highest BCUT2D eigenvalue weighted by Crippen LogP contribution is 2.31. The average Bonchev–Trinajstić information content (AvgIpc) is 2.78. The van der Waals surface area contributed by atoms with Crippen LogP contribution in [0.15, 0.2) is 18.3 Å². The van der Waals surface area contributed by atoms with Crippen LogP contribution in [-0.2, 0) is 0 Å². The lowest BCUT2D eigenvalue weighted by Gasteiger charge is -2.14. The van der Waals surface area contributed by atoms with Crippen molar-refractivity contribution in [2.24, 2.45) is 0 Å². The summed E-state index contributed by atoms with van der Waals surface area (Å²) < 4.78 is 0. The standard InChI is InChI=1S/C13H17N3S/c1-2-17-12-6-5-11(8-12)16-13-10(9-14)4-3-7-15-13/h3-4,7,11-12H,2,5-6,8H2,1H3,(H,15,16). The molecule has 0 aliphatic heterocycles. The highest BCUT2D eigenvalue weighted by molar-refractivity contribution is 7.99. The van der Waals surface area contributed by atoms with Gasteiger partial charge in [0.1, 0.15) is 11.9 Å². The van der Waals surface area contributed by atoms with Gasteiger partial charge in [-0.2, -0.15) is 17.0 Å². The Balaban J connectivity index is 1.96. The van der Waals surface area contributed by atoms with Gasteiger partial charge < -0.3 is 5.32 Å². The Morgan fingerprint density at radius 1 is 1.59 bits per heavy atom. The first-order valence-electron chi connectivity index (χ1n) is 6.06. The van der Waals surface area contributed by atoms with Crippen LogP contribution in [0.4, 0.5) is 5.82 Å². The van der Waals surface area contributed by atoms with Gasteiger partial charge >= 0.3 is 0 Å². The van der Waals surface area contributed by atoms with E-state index < -0.39 is 0 Å². The average molecular weight is 247 g/mol. The summed E-state index contributed by atoms with van der Waals surface area (Å²) in [5, 5.41) is 13.2. The molecule has 0 radical (unpaired) electrons. The molecular weight excluding hydrogens is 230 g/mol. The first kappa shape index (κ1) is 12.3. The van der Waals surface area contributed by atoms with Crippen molar-refractivity contribution in [1.29, 1.82) is 5.26 Å². The molecule has 1 aliphatic carbocycles. The second-order valence-corrected chi connectivity index (χ2v) is 5.82. The van der Waals surface area contributed by atoms with Gasteiger partial charge in [-0.25, -0.2) is 4.98 Å². The number of anilines is 1. The van der Waals surface area contributed by atoms with E-state index >= 15 is 0 Å². The minimum atomic E-state index is 0.473. The summed E-state index contributed by atoms with van der Waals surface area (Å²) in [4.78, 5) is 4.24. The van der Waals surface area contributed by atoms with Gasteiger partial charge in [0.05, 0.1) is 5.56 Å². The fraction of sp³-hybridized carbons (Fsp3) is 0.538. The lowest BCUT2D eigenvalue weighted by molar-refractivity contribution is 0.751. The summed E-state index contributed by atoms with van der Waals surface area (Å²) in [6, 6.07) is 6.26. The van der Waals surface area contributed by atoms with Gasteiger partial charge in [0.15, 0.2) is 0 Å². The quantitative estimate of drug-likeness (QED) is 0.888. The Kier molecular flexibility index (Phi) is 4.27. The maximum atomic E-state index is 8.99. The van der Waals surface area contributed by atoms with Crippen molar-refractivity contribution in [1.82, 2.24) is 4.98 Å². The van der Waals surface area contributed by atoms with E-state index in [4.69, 9.17) is 5.26 Å². The number of thioether (sulfide) groups is 1. The zero-order chi connectivity index (χ0) is 12.1. The predicted molar refractivity (Wildman–Crippen MR) is 72.1 cm³/mol. The first-order chi connectivity index (χ1) is 8.33. The number of nitrogens with one attached hydrogen (secondary N) is 1. The fourth-order valence-electron chi connectivity index (χ4n) is 2.26. The van der Waals surface area contributed by atoms with Crippen molar-refractivity contribution in [3.8, 4) is 6.07 Å². The van der Waals surface area contributed by atoms with Crippen LogP contribution in [0.5, 0.6) is 0 Å². The van der Waals surface area contributed by atoms with Crippen LogP contribution in [0, 0.1) is 11.3 Å². The Bertz CT molecular complexity index is 413. The van der Waals surface area contributed by atoms with E-state index in [0.29, 0.717) is 11.6 Å². The minimum Gasteiger partial charge on any atom is -0.366 e. The summed E-state index contributed by atoms with van der Waals surface area (Å²) in [6.45, 7) is 2.21. The Labute approximate surface area is 107 Å². The Morgan fingerprint density at radius 2 is 2.47 bits per heavy atom. The van der Waals surface area contributed by atoms with E-state index in [-0.39, 0.29) is 0 Å². The molecule has 3 nitrogen and oxygen atoms in total.